The summed E-state index contributed by atoms with van der Waals surface area (Å²) in [5.41, 5.74) is 21.3. The monoisotopic (exact) mass is 881 g/mol. The summed E-state index contributed by atoms with van der Waals surface area (Å²) in [4.78, 5) is 2.37. The molecule has 69 heavy (non-hydrogen) atoms. The van der Waals surface area contributed by atoms with Gasteiger partial charge in [-0.3, -0.25) is 0 Å². The van der Waals surface area contributed by atoms with Gasteiger partial charge in [0.25, 0.3) is 0 Å². The lowest BCUT2D eigenvalue weighted by molar-refractivity contribution is 0.477. The number of anilines is 3. The number of para-hydroxylation sites is 2. The Morgan fingerprint density at radius 3 is 1.29 bits per heavy atom. The molecule has 0 fully saturated rings. The lowest BCUT2D eigenvalue weighted by Crippen LogP contribution is -2.28. The molecule has 11 aromatic rings. The van der Waals surface area contributed by atoms with Crippen LogP contribution in [-0.4, -0.2) is 5.11 Å². The van der Waals surface area contributed by atoms with E-state index in [-0.39, 0.29) is 5.75 Å². The molecule has 0 saturated heterocycles. The van der Waals surface area contributed by atoms with Gasteiger partial charge in [0.05, 0.1) is 11.1 Å². The summed E-state index contributed by atoms with van der Waals surface area (Å²) in [5.74, 6) is 0.262. The van der Waals surface area contributed by atoms with E-state index in [1.165, 1.54) is 55.6 Å². The molecule has 0 amide bonds. The van der Waals surface area contributed by atoms with Crippen molar-refractivity contribution < 1.29 is 5.11 Å². The van der Waals surface area contributed by atoms with Crippen LogP contribution in [0.3, 0.4) is 0 Å². The first-order valence-corrected chi connectivity index (χ1v) is 23.6. The Bertz CT molecular complexity index is 3540. The highest BCUT2D eigenvalue weighted by Gasteiger charge is 2.46. The minimum Gasteiger partial charge on any atom is -0.507 e. The van der Waals surface area contributed by atoms with Crippen LogP contribution in [0.15, 0.2) is 279 Å². The third-order valence-corrected chi connectivity index (χ3v) is 13.9. The minimum absolute atomic E-state index is 0.262. The standard InChI is InChI=1S/C67H47NO/c69-65-33-15-12-27-59(65)53-21-16-20-52(46-53)58-26-11-14-32-64(58)68(56-42-38-50(39-43-56)49-36-34-48(35-37-49)47-18-4-1-5-19-47)57-44-40-51(41-45-57)60-29-17-31-63-66(60)61-28-10-13-30-62(61)67(63,54-22-6-2-7-23-54)55-24-8-3-9-25-55/h1-46,69H. The van der Waals surface area contributed by atoms with Crippen LogP contribution in [0.2, 0.25) is 0 Å². The fraction of sp³-hybridized carbons (Fsp3) is 0.0149. The molecule has 2 heteroatoms. The minimum atomic E-state index is -0.475. The lowest BCUT2D eigenvalue weighted by atomic mass is 9.67. The zero-order chi connectivity index (χ0) is 46.2. The molecule has 0 radical (unpaired) electrons. The number of benzene rings is 11. The van der Waals surface area contributed by atoms with E-state index in [4.69, 9.17) is 0 Å². The molecule has 1 aliphatic carbocycles. The zero-order valence-electron chi connectivity index (χ0n) is 38.0. The van der Waals surface area contributed by atoms with E-state index < -0.39 is 5.41 Å². The van der Waals surface area contributed by atoms with Gasteiger partial charge in [-0.25, -0.2) is 0 Å². The second kappa shape index (κ2) is 17.7. The Morgan fingerprint density at radius 1 is 0.275 bits per heavy atom. The first kappa shape index (κ1) is 41.5. The predicted octanol–water partition coefficient (Wildman–Crippen LogP) is 17.6. The van der Waals surface area contributed by atoms with E-state index in [0.717, 1.165) is 50.4 Å². The van der Waals surface area contributed by atoms with Gasteiger partial charge in [0.15, 0.2) is 0 Å². The van der Waals surface area contributed by atoms with Gasteiger partial charge < -0.3 is 10.0 Å². The summed E-state index contributed by atoms with van der Waals surface area (Å²) in [6, 6.07) is 99.8. The van der Waals surface area contributed by atoms with Crippen molar-refractivity contribution in [2.24, 2.45) is 0 Å². The predicted molar refractivity (Wildman–Crippen MR) is 287 cm³/mol. The number of hydrogen-bond donors (Lipinski definition) is 1. The number of fused-ring (bicyclic) bond motifs is 3. The third kappa shape index (κ3) is 7.31. The normalized spacial score (nSPS) is 12.2. The first-order valence-electron chi connectivity index (χ1n) is 23.6. The third-order valence-electron chi connectivity index (χ3n) is 13.9. The quantitative estimate of drug-likeness (QED) is 0.148. The summed E-state index contributed by atoms with van der Waals surface area (Å²) >= 11 is 0. The Hall–Kier alpha value is -8.98. The van der Waals surface area contributed by atoms with Gasteiger partial charge >= 0.3 is 0 Å². The molecule has 1 N–H and O–H groups in total. The number of phenols is 1. The summed E-state index contributed by atoms with van der Waals surface area (Å²) in [6.07, 6.45) is 0. The van der Waals surface area contributed by atoms with E-state index in [0.29, 0.717) is 0 Å². The van der Waals surface area contributed by atoms with Gasteiger partial charge in [-0.15, -0.1) is 0 Å². The molecule has 0 heterocycles. The Kier molecular flexibility index (Phi) is 10.6. The molecule has 0 aliphatic heterocycles. The largest absolute Gasteiger partial charge is 0.507 e. The Labute approximate surface area is 404 Å². The van der Waals surface area contributed by atoms with Crippen molar-refractivity contribution in [1.29, 1.82) is 0 Å². The lowest BCUT2D eigenvalue weighted by Gasteiger charge is -2.34. The van der Waals surface area contributed by atoms with E-state index in [1.54, 1.807) is 6.07 Å². The summed E-state index contributed by atoms with van der Waals surface area (Å²) in [5, 5.41) is 10.9. The molecule has 11 aromatic carbocycles. The van der Waals surface area contributed by atoms with Gasteiger partial charge in [-0.1, -0.05) is 237 Å². The van der Waals surface area contributed by atoms with Gasteiger partial charge in [0.2, 0.25) is 0 Å². The van der Waals surface area contributed by atoms with Crippen molar-refractivity contribution in [3.05, 3.63) is 301 Å². The van der Waals surface area contributed by atoms with Crippen molar-refractivity contribution in [3.63, 3.8) is 0 Å². The summed E-state index contributed by atoms with van der Waals surface area (Å²) in [6.45, 7) is 0. The molecule has 12 rings (SSSR count). The van der Waals surface area contributed by atoms with Crippen LogP contribution in [0, 0.1) is 0 Å². The van der Waals surface area contributed by atoms with Crippen LogP contribution in [-0.2, 0) is 5.41 Å². The Balaban J connectivity index is 0.981. The van der Waals surface area contributed by atoms with Crippen molar-refractivity contribution in [2.75, 3.05) is 4.90 Å². The topological polar surface area (TPSA) is 23.5 Å². The molecule has 0 spiro atoms. The van der Waals surface area contributed by atoms with E-state index in [1.807, 2.05) is 18.2 Å². The zero-order valence-corrected chi connectivity index (χ0v) is 38.0. The number of aromatic hydroxyl groups is 1. The molecule has 0 aromatic heterocycles. The van der Waals surface area contributed by atoms with Crippen LogP contribution in [0.5, 0.6) is 5.75 Å². The summed E-state index contributed by atoms with van der Waals surface area (Å²) in [7, 11) is 0. The number of hydrogen-bond acceptors (Lipinski definition) is 2. The number of phenolic OH excluding ortho intramolecular Hbond substituents is 1. The van der Waals surface area contributed by atoms with Crippen molar-refractivity contribution in [3.8, 4) is 72.5 Å². The molecule has 1 aliphatic rings. The smallest absolute Gasteiger partial charge is 0.123 e. The van der Waals surface area contributed by atoms with E-state index in [9.17, 15) is 5.11 Å². The van der Waals surface area contributed by atoms with Crippen molar-refractivity contribution in [1.82, 2.24) is 0 Å². The van der Waals surface area contributed by atoms with Gasteiger partial charge in [-0.2, -0.15) is 0 Å². The molecule has 326 valence electrons. The molecular formula is C67H47NO. The highest BCUT2D eigenvalue weighted by Crippen LogP contribution is 2.58. The van der Waals surface area contributed by atoms with Crippen LogP contribution in [0.4, 0.5) is 17.1 Å². The fourth-order valence-electron chi connectivity index (χ4n) is 10.7. The second-order valence-corrected chi connectivity index (χ2v) is 17.7. The highest BCUT2D eigenvalue weighted by molar-refractivity contribution is 5.96. The first-order chi connectivity index (χ1) is 34.1. The SMILES string of the molecule is Oc1ccccc1-c1cccc(-c2ccccc2N(c2ccc(-c3ccc(-c4ccccc4)cc3)cc2)c2ccc(-c3cccc4c3-c3ccccc3C4(c3ccccc3)c3ccccc3)cc2)c1. The number of nitrogens with zero attached hydrogens (tertiary/aromatic N) is 1. The molecule has 0 unspecified atom stereocenters. The average Bonchev–Trinajstić information content (AvgIpc) is 3.74. The number of rotatable bonds is 10. The second-order valence-electron chi connectivity index (χ2n) is 17.7. The van der Waals surface area contributed by atoms with Crippen molar-refractivity contribution >= 4 is 17.1 Å². The van der Waals surface area contributed by atoms with E-state index in [2.05, 4.69) is 260 Å². The van der Waals surface area contributed by atoms with Gasteiger partial charge in [-0.05, 0) is 120 Å². The van der Waals surface area contributed by atoms with Gasteiger partial charge in [0.1, 0.15) is 5.75 Å². The maximum absolute atomic E-state index is 10.9. The average molecular weight is 882 g/mol. The fourth-order valence-corrected chi connectivity index (χ4v) is 10.7. The highest BCUT2D eigenvalue weighted by atomic mass is 16.3. The van der Waals surface area contributed by atoms with Crippen LogP contribution >= 0.6 is 0 Å². The molecule has 0 saturated carbocycles. The van der Waals surface area contributed by atoms with Crippen LogP contribution in [0.1, 0.15) is 22.3 Å². The molecular weight excluding hydrogens is 835 g/mol. The van der Waals surface area contributed by atoms with Crippen molar-refractivity contribution in [2.45, 2.75) is 5.41 Å². The molecule has 2 nitrogen and oxygen atoms in total. The van der Waals surface area contributed by atoms with Crippen LogP contribution in [0.25, 0.3) is 66.8 Å². The van der Waals surface area contributed by atoms with Gasteiger partial charge in [0, 0.05) is 22.5 Å². The van der Waals surface area contributed by atoms with Crippen LogP contribution < -0.4 is 4.90 Å². The molecule has 0 atom stereocenters. The maximum atomic E-state index is 10.9. The molecule has 0 bridgehead atoms. The maximum Gasteiger partial charge on any atom is 0.123 e. The van der Waals surface area contributed by atoms with E-state index >= 15 is 0 Å². The Morgan fingerprint density at radius 2 is 0.681 bits per heavy atom. The summed E-state index contributed by atoms with van der Waals surface area (Å²) < 4.78 is 0.